The summed E-state index contributed by atoms with van der Waals surface area (Å²) < 4.78 is 1.91. The predicted octanol–water partition coefficient (Wildman–Crippen LogP) is 2.78. The fraction of sp³-hybridized carbons (Fsp3) is 0.304. The molecule has 0 radical (unpaired) electrons. The van der Waals surface area contributed by atoms with Gasteiger partial charge in [-0.2, -0.15) is 0 Å². The summed E-state index contributed by atoms with van der Waals surface area (Å²) in [5.74, 6) is 0.647. The number of hydrogen-bond donors (Lipinski definition) is 0. The van der Waals surface area contributed by atoms with Gasteiger partial charge in [-0.1, -0.05) is 24.3 Å². The number of amides is 2. The van der Waals surface area contributed by atoms with E-state index in [0.717, 1.165) is 23.5 Å². The smallest absolute Gasteiger partial charge is 0.272 e. The van der Waals surface area contributed by atoms with Gasteiger partial charge in [-0.25, -0.2) is 9.97 Å². The predicted molar refractivity (Wildman–Crippen MR) is 114 cm³/mol. The first-order valence-corrected chi connectivity index (χ1v) is 10.1. The molecular formula is C23H25N5O2. The highest BCUT2D eigenvalue weighted by Gasteiger charge is 2.26. The minimum Gasteiger partial charge on any atom is -0.337 e. The third-order valence-corrected chi connectivity index (χ3v) is 5.40. The van der Waals surface area contributed by atoms with Crippen LogP contribution in [0.2, 0.25) is 0 Å². The van der Waals surface area contributed by atoms with Crippen LogP contribution in [-0.4, -0.2) is 62.3 Å². The minimum absolute atomic E-state index is 0.0309. The monoisotopic (exact) mass is 403 g/mol. The molecule has 0 atom stereocenters. The zero-order chi connectivity index (χ0) is 21.1. The Labute approximate surface area is 176 Å². The van der Waals surface area contributed by atoms with E-state index in [9.17, 15) is 9.59 Å². The van der Waals surface area contributed by atoms with Crippen LogP contribution in [0.3, 0.4) is 0 Å². The first kappa shape index (κ1) is 19.8. The van der Waals surface area contributed by atoms with Crippen molar-refractivity contribution in [2.45, 2.75) is 13.3 Å². The van der Waals surface area contributed by atoms with Gasteiger partial charge in [-0.3, -0.25) is 9.59 Å². The third-order valence-electron chi connectivity index (χ3n) is 5.40. The minimum atomic E-state index is -0.0820. The van der Waals surface area contributed by atoms with Crippen molar-refractivity contribution >= 4 is 11.8 Å². The number of pyridine rings is 1. The number of carbonyl (C=O) groups is 2. The van der Waals surface area contributed by atoms with Crippen LogP contribution in [0.5, 0.6) is 0 Å². The first-order valence-electron chi connectivity index (χ1n) is 10.1. The molecule has 0 unspecified atom stereocenters. The number of hydrogen-bond acceptors (Lipinski definition) is 4. The molecule has 1 fully saturated rings. The summed E-state index contributed by atoms with van der Waals surface area (Å²) in [6.45, 7) is 4.08. The molecule has 2 aromatic heterocycles. The van der Waals surface area contributed by atoms with Crippen LogP contribution in [0.4, 0.5) is 0 Å². The molecule has 1 aliphatic rings. The molecule has 1 saturated heterocycles. The van der Waals surface area contributed by atoms with Gasteiger partial charge < -0.3 is 14.4 Å². The topological polar surface area (TPSA) is 71.3 Å². The summed E-state index contributed by atoms with van der Waals surface area (Å²) in [6, 6.07) is 13.0. The maximum atomic E-state index is 13.3. The Balaban J connectivity index is 1.51. The summed E-state index contributed by atoms with van der Waals surface area (Å²) in [5, 5.41) is 0. The molecule has 4 rings (SSSR count). The zero-order valence-corrected chi connectivity index (χ0v) is 17.3. The summed E-state index contributed by atoms with van der Waals surface area (Å²) in [7, 11) is 1.92. The quantitative estimate of drug-likeness (QED) is 0.674. The lowest BCUT2D eigenvalue weighted by atomic mass is 10.1. The molecule has 154 valence electrons. The van der Waals surface area contributed by atoms with E-state index < -0.39 is 0 Å². The lowest BCUT2D eigenvalue weighted by molar-refractivity contribution is 0.0716. The number of aromatic nitrogens is 3. The van der Waals surface area contributed by atoms with Crippen LogP contribution in [0.25, 0.3) is 11.4 Å². The fourth-order valence-electron chi connectivity index (χ4n) is 3.81. The van der Waals surface area contributed by atoms with Crippen LogP contribution in [-0.2, 0) is 7.05 Å². The second-order valence-corrected chi connectivity index (χ2v) is 7.51. The van der Waals surface area contributed by atoms with E-state index in [1.165, 1.54) is 0 Å². The largest absolute Gasteiger partial charge is 0.337 e. The van der Waals surface area contributed by atoms with Gasteiger partial charge in [0.05, 0.1) is 5.56 Å². The van der Waals surface area contributed by atoms with Crippen molar-refractivity contribution in [3.8, 4) is 11.4 Å². The molecule has 0 bridgehead atoms. The molecule has 7 nitrogen and oxygen atoms in total. The standard InChI is InChI=1S/C23H25N5O2/c1-17-7-5-10-20(25-17)23(30)28-13-6-12-27(15-16-28)22(29)19-9-4-3-8-18(19)21-24-11-14-26(21)2/h3-5,7-11,14H,6,12-13,15-16H2,1-2H3. The average Bonchev–Trinajstić information content (AvgIpc) is 3.04. The maximum Gasteiger partial charge on any atom is 0.272 e. The highest BCUT2D eigenvalue weighted by molar-refractivity contribution is 6.00. The Bertz CT molecular complexity index is 1070. The number of imidazole rings is 1. The maximum absolute atomic E-state index is 13.3. The lowest BCUT2D eigenvalue weighted by Gasteiger charge is -2.23. The molecule has 1 aromatic carbocycles. The molecular weight excluding hydrogens is 378 g/mol. The molecule has 3 aromatic rings. The molecule has 0 saturated carbocycles. The molecule has 30 heavy (non-hydrogen) atoms. The Hall–Kier alpha value is -3.48. The van der Waals surface area contributed by atoms with E-state index in [0.29, 0.717) is 37.4 Å². The van der Waals surface area contributed by atoms with Gasteiger partial charge in [0.1, 0.15) is 11.5 Å². The van der Waals surface area contributed by atoms with Gasteiger partial charge in [-0.15, -0.1) is 0 Å². The van der Waals surface area contributed by atoms with Crippen molar-refractivity contribution in [1.82, 2.24) is 24.3 Å². The van der Waals surface area contributed by atoms with E-state index in [2.05, 4.69) is 9.97 Å². The molecule has 2 amide bonds. The Kier molecular flexibility index (Phi) is 5.61. The van der Waals surface area contributed by atoms with Gasteiger partial charge in [0.15, 0.2) is 0 Å². The summed E-state index contributed by atoms with van der Waals surface area (Å²) in [6.07, 6.45) is 4.32. The van der Waals surface area contributed by atoms with Gasteiger partial charge >= 0.3 is 0 Å². The molecule has 7 heteroatoms. The highest BCUT2D eigenvalue weighted by Crippen LogP contribution is 2.23. The van der Waals surface area contributed by atoms with Crippen LogP contribution in [0.15, 0.2) is 54.9 Å². The van der Waals surface area contributed by atoms with Crippen LogP contribution >= 0.6 is 0 Å². The number of carbonyl (C=O) groups excluding carboxylic acids is 2. The summed E-state index contributed by atoms with van der Waals surface area (Å²) >= 11 is 0. The van der Waals surface area contributed by atoms with Crippen molar-refractivity contribution in [2.75, 3.05) is 26.2 Å². The first-order chi connectivity index (χ1) is 14.5. The molecule has 1 aliphatic heterocycles. The average molecular weight is 403 g/mol. The van der Waals surface area contributed by atoms with Gasteiger partial charge in [0.2, 0.25) is 0 Å². The van der Waals surface area contributed by atoms with Gasteiger partial charge in [-0.05, 0) is 31.5 Å². The number of nitrogens with zero attached hydrogens (tertiary/aromatic N) is 5. The van der Waals surface area contributed by atoms with Crippen LogP contribution in [0.1, 0.15) is 33.0 Å². The van der Waals surface area contributed by atoms with E-state index in [-0.39, 0.29) is 11.8 Å². The normalized spacial score (nSPS) is 14.5. The Morgan fingerprint density at radius 1 is 0.900 bits per heavy atom. The SMILES string of the molecule is Cc1cccc(C(=O)N2CCCN(C(=O)c3ccccc3-c3nccn3C)CC2)n1. The van der Waals surface area contributed by atoms with Crippen LogP contribution in [0, 0.1) is 6.92 Å². The molecule has 0 spiro atoms. The van der Waals surface area contributed by atoms with Gasteiger partial charge in [0, 0.05) is 56.9 Å². The van der Waals surface area contributed by atoms with Crippen molar-refractivity contribution < 1.29 is 9.59 Å². The second kappa shape index (κ2) is 8.49. The second-order valence-electron chi connectivity index (χ2n) is 7.51. The van der Waals surface area contributed by atoms with Crippen molar-refractivity contribution in [3.63, 3.8) is 0 Å². The third kappa shape index (κ3) is 3.96. The lowest BCUT2D eigenvalue weighted by Crippen LogP contribution is -2.37. The highest BCUT2D eigenvalue weighted by atomic mass is 16.2. The van der Waals surface area contributed by atoms with Crippen molar-refractivity contribution in [3.05, 3.63) is 71.8 Å². The number of aryl methyl sites for hydroxylation is 2. The molecule has 0 N–H and O–H groups in total. The summed E-state index contributed by atoms with van der Waals surface area (Å²) in [4.78, 5) is 38.6. The zero-order valence-electron chi connectivity index (χ0n) is 17.3. The van der Waals surface area contributed by atoms with Crippen molar-refractivity contribution in [1.29, 1.82) is 0 Å². The van der Waals surface area contributed by atoms with Gasteiger partial charge in [0.25, 0.3) is 11.8 Å². The fourth-order valence-corrected chi connectivity index (χ4v) is 3.81. The van der Waals surface area contributed by atoms with Crippen LogP contribution < -0.4 is 0 Å². The number of benzene rings is 1. The molecule has 0 aliphatic carbocycles. The Morgan fingerprint density at radius 3 is 2.33 bits per heavy atom. The van der Waals surface area contributed by atoms with E-state index in [1.54, 1.807) is 17.2 Å². The van der Waals surface area contributed by atoms with E-state index >= 15 is 0 Å². The summed E-state index contributed by atoms with van der Waals surface area (Å²) in [5.41, 5.74) is 2.72. The van der Waals surface area contributed by atoms with E-state index in [4.69, 9.17) is 0 Å². The Morgan fingerprint density at radius 2 is 1.63 bits per heavy atom. The molecule has 3 heterocycles. The number of rotatable bonds is 3. The van der Waals surface area contributed by atoms with Crippen molar-refractivity contribution in [2.24, 2.45) is 7.05 Å². The van der Waals surface area contributed by atoms with E-state index in [1.807, 2.05) is 66.0 Å².